The van der Waals surface area contributed by atoms with Crippen LogP contribution < -0.4 is 10.6 Å². The molecule has 0 saturated heterocycles. The topological polar surface area (TPSA) is 66.9 Å². The molecule has 0 spiro atoms. The standard InChI is InChI=1S/C17H15ClN4OS/c1-10-3-8-14(9-11(10)2)19-16(23)20-17-22-21-15(24-17)12-4-6-13(18)7-5-12/h3-9H,1-2H3,(H2,19,20,22,23). The molecule has 0 bridgehead atoms. The van der Waals surface area contributed by atoms with Gasteiger partial charge in [-0.15, -0.1) is 10.2 Å². The third kappa shape index (κ3) is 3.90. The summed E-state index contributed by atoms with van der Waals surface area (Å²) in [5, 5.41) is 15.4. The number of carbonyl (C=O) groups is 1. The third-order valence-corrected chi connectivity index (χ3v) is 4.64. The van der Waals surface area contributed by atoms with E-state index in [1.807, 2.05) is 44.2 Å². The van der Waals surface area contributed by atoms with Crippen molar-refractivity contribution < 1.29 is 4.79 Å². The molecular weight excluding hydrogens is 344 g/mol. The van der Waals surface area contributed by atoms with E-state index in [-0.39, 0.29) is 6.03 Å². The maximum atomic E-state index is 12.1. The minimum atomic E-state index is -0.350. The molecule has 2 amide bonds. The second kappa shape index (κ2) is 6.98. The summed E-state index contributed by atoms with van der Waals surface area (Å²) < 4.78 is 0. The van der Waals surface area contributed by atoms with Crippen LogP contribution in [-0.2, 0) is 0 Å². The van der Waals surface area contributed by atoms with Crippen molar-refractivity contribution in [3.05, 3.63) is 58.6 Å². The van der Waals surface area contributed by atoms with Gasteiger partial charge in [0.25, 0.3) is 0 Å². The van der Waals surface area contributed by atoms with E-state index >= 15 is 0 Å². The zero-order valence-corrected chi connectivity index (χ0v) is 14.7. The summed E-state index contributed by atoms with van der Waals surface area (Å²) >= 11 is 7.17. The Bertz CT molecular complexity index is 877. The Kier molecular flexibility index (Phi) is 4.78. The van der Waals surface area contributed by atoms with Crippen molar-refractivity contribution in [2.75, 3.05) is 10.6 Å². The van der Waals surface area contributed by atoms with Gasteiger partial charge < -0.3 is 5.32 Å². The minimum absolute atomic E-state index is 0.350. The van der Waals surface area contributed by atoms with Gasteiger partial charge in [0, 0.05) is 16.3 Å². The molecule has 0 radical (unpaired) electrons. The Balaban J connectivity index is 1.66. The summed E-state index contributed by atoms with van der Waals surface area (Å²) in [4.78, 5) is 12.1. The molecule has 24 heavy (non-hydrogen) atoms. The summed E-state index contributed by atoms with van der Waals surface area (Å²) in [5.41, 5.74) is 3.93. The van der Waals surface area contributed by atoms with Crippen molar-refractivity contribution in [1.29, 1.82) is 0 Å². The summed E-state index contributed by atoms with van der Waals surface area (Å²) in [6.07, 6.45) is 0. The van der Waals surface area contributed by atoms with E-state index < -0.39 is 0 Å². The maximum Gasteiger partial charge on any atom is 0.325 e. The van der Waals surface area contributed by atoms with Crippen LogP contribution in [0.4, 0.5) is 15.6 Å². The molecule has 5 nitrogen and oxygen atoms in total. The maximum absolute atomic E-state index is 12.1. The van der Waals surface area contributed by atoms with Gasteiger partial charge in [0.1, 0.15) is 5.01 Å². The van der Waals surface area contributed by atoms with Gasteiger partial charge in [-0.2, -0.15) is 0 Å². The van der Waals surface area contributed by atoms with Crippen molar-refractivity contribution in [2.45, 2.75) is 13.8 Å². The van der Waals surface area contributed by atoms with Crippen LogP contribution in [0.5, 0.6) is 0 Å². The second-order valence-corrected chi connectivity index (χ2v) is 6.71. The number of rotatable bonds is 3. The number of aromatic nitrogens is 2. The molecule has 3 rings (SSSR count). The minimum Gasteiger partial charge on any atom is -0.308 e. The average Bonchev–Trinajstić information content (AvgIpc) is 3.00. The number of halogens is 1. The largest absolute Gasteiger partial charge is 0.325 e. The van der Waals surface area contributed by atoms with E-state index in [1.165, 1.54) is 16.9 Å². The first kappa shape index (κ1) is 16.4. The number of nitrogens with one attached hydrogen (secondary N) is 2. The van der Waals surface area contributed by atoms with E-state index in [1.54, 1.807) is 12.1 Å². The van der Waals surface area contributed by atoms with Crippen LogP contribution in [-0.4, -0.2) is 16.2 Å². The van der Waals surface area contributed by atoms with Crippen LogP contribution in [0.2, 0.25) is 5.02 Å². The lowest BCUT2D eigenvalue weighted by Crippen LogP contribution is -2.19. The van der Waals surface area contributed by atoms with Crippen molar-refractivity contribution in [2.24, 2.45) is 0 Å². The first-order chi connectivity index (χ1) is 11.5. The molecular formula is C17H15ClN4OS. The van der Waals surface area contributed by atoms with Gasteiger partial charge in [-0.25, -0.2) is 4.79 Å². The predicted molar refractivity (Wildman–Crippen MR) is 98.9 cm³/mol. The Hall–Kier alpha value is -2.44. The van der Waals surface area contributed by atoms with Crippen molar-refractivity contribution in [1.82, 2.24) is 10.2 Å². The zero-order valence-electron chi connectivity index (χ0n) is 13.1. The fourth-order valence-corrected chi connectivity index (χ4v) is 2.93. The monoisotopic (exact) mass is 358 g/mol. The molecule has 2 N–H and O–H groups in total. The number of benzene rings is 2. The highest BCUT2D eigenvalue weighted by atomic mass is 35.5. The van der Waals surface area contributed by atoms with Crippen molar-refractivity contribution in [3.8, 4) is 10.6 Å². The summed E-state index contributed by atoms with van der Waals surface area (Å²) in [5.74, 6) is 0. The van der Waals surface area contributed by atoms with Crippen LogP contribution in [0.15, 0.2) is 42.5 Å². The normalized spacial score (nSPS) is 10.5. The molecule has 0 aliphatic rings. The molecule has 0 saturated carbocycles. The number of hydrogen-bond donors (Lipinski definition) is 2. The van der Waals surface area contributed by atoms with Gasteiger partial charge in [0.05, 0.1) is 0 Å². The number of nitrogens with zero attached hydrogens (tertiary/aromatic N) is 2. The molecule has 0 atom stereocenters. The Morgan fingerprint density at radius 2 is 1.75 bits per heavy atom. The van der Waals surface area contributed by atoms with Gasteiger partial charge >= 0.3 is 6.03 Å². The summed E-state index contributed by atoms with van der Waals surface area (Å²) in [6.45, 7) is 4.03. The molecule has 1 heterocycles. The van der Waals surface area contributed by atoms with E-state index in [0.717, 1.165) is 16.8 Å². The molecule has 3 aromatic rings. The van der Waals surface area contributed by atoms with Gasteiger partial charge in [0.15, 0.2) is 0 Å². The third-order valence-electron chi connectivity index (χ3n) is 3.50. The Morgan fingerprint density at radius 1 is 1.00 bits per heavy atom. The molecule has 7 heteroatoms. The SMILES string of the molecule is Cc1ccc(NC(=O)Nc2nnc(-c3ccc(Cl)cc3)s2)cc1C. The molecule has 0 unspecified atom stereocenters. The fourth-order valence-electron chi connectivity index (χ4n) is 2.06. The van der Waals surface area contributed by atoms with Gasteiger partial charge in [-0.05, 0) is 49.2 Å². The lowest BCUT2D eigenvalue weighted by Gasteiger charge is -2.07. The van der Waals surface area contributed by atoms with Crippen LogP contribution in [0.25, 0.3) is 10.6 Å². The number of anilines is 2. The average molecular weight is 359 g/mol. The van der Waals surface area contributed by atoms with Crippen molar-refractivity contribution in [3.63, 3.8) is 0 Å². The Labute approximate surface area is 148 Å². The van der Waals surface area contributed by atoms with Crippen LogP contribution in [0, 0.1) is 13.8 Å². The predicted octanol–water partition coefficient (Wildman–Crippen LogP) is 5.12. The van der Waals surface area contributed by atoms with Crippen LogP contribution >= 0.6 is 22.9 Å². The molecule has 1 aromatic heterocycles. The Morgan fingerprint density at radius 3 is 2.46 bits per heavy atom. The summed E-state index contributed by atoms with van der Waals surface area (Å²) in [6, 6.07) is 12.7. The second-order valence-electron chi connectivity index (χ2n) is 5.30. The highest BCUT2D eigenvalue weighted by molar-refractivity contribution is 7.18. The molecule has 0 aliphatic heterocycles. The van der Waals surface area contributed by atoms with E-state index in [4.69, 9.17) is 11.6 Å². The van der Waals surface area contributed by atoms with Gasteiger partial charge in [-0.3, -0.25) is 5.32 Å². The summed E-state index contributed by atoms with van der Waals surface area (Å²) in [7, 11) is 0. The van der Waals surface area contributed by atoms with E-state index in [2.05, 4.69) is 20.8 Å². The van der Waals surface area contributed by atoms with Gasteiger partial charge in [0.2, 0.25) is 5.13 Å². The molecule has 0 fully saturated rings. The van der Waals surface area contributed by atoms with Crippen molar-refractivity contribution >= 4 is 39.8 Å². The van der Waals surface area contributed by atoms with Crippen LogP contribution in [0.3, 0.4) is 0 Å². The number of amides is 2. The quantitative estimate of drug-likeness (QED) is 0.682. The van der Waals surface area contributed by atoms with Gasteiger partial charge in [-0.1, -0.05) is 41.1 Å². The first-order valence-electron chi connectivity index (χ1n) is 7.26. The lowest BCUT2D eigenvalue weighted by molar-refractivity contribution is 0.262. The lowest BCUT2D eigenvalue weighted by atomic mass is 10.1. The highest BCUT2D eigenvalue weighted by Gasteiger charge is 2.10. The number of aryl methyl sites for hydroxylation is 2. The van der Waals surface area contributed by atoms with E-state index in [9.17, 15) is 4.79 Å². The smallest absolute Gasteiger partial charge is 0.308 e. The fraction of sp³-hybridized carbons (Fsp3) is 0.118. The van der Waals surface area contributed by atoms with E-state index in [0.29, 0.717) is 15.2 Å². The zero-order chi connectivity index (χ0) is 17.1. The number of hydrogen-bond acceptors (Lipinski definition) is 4. The molecule has 0 aliphatic carbocycles. The molecule has 2 aromatic carbocycles. The number of carbonyl (C=O) groups excluding carboxylic acids is 1. The van der Waals surface area contributed by atoms with Crippen LogP contribution in [0.1, 0.15) is 11.1 Å². The first-order valence-corrected chi connectivity index (χ1v) is 8.45. The number of urea groups is 1. The highest BCUT2D eigenvalue weighted by Crippen LogP contribution is 2.27. The molecule has 122 valence electrons.